The van der Waals surface area contributed by atoms with E-state index in [1.54, 1.807) is 0 Å². The van der Waals surface area contributed by atoms with Gasteiger partial charge in [0.25, 0.3) is 5.91 Å². The monoisotopic (exact) mass is 350 g/mol. The summed E-state index contributed by atoms with van der Waals surface area (Å²) in [5, 5.41) is 11.2. The molecule has 1 amide bonds. The van der Waals surface area contributed by atoms with Crippen LogP contribution in [0.2, 0.25) is 0 Å². The van der Waals surface area contributed by atoms with Crippen molar-refractivity contribution in [2.45, 2.75) is 6.54 Å². The molecule has 0 atom stereocenters. The smallest absolute Gasteiger partial charge is 0.252 e. The molecule has 0 fully saturated rings. The highest BCUT2D eigenvalue weighted by Gasteiger charge is 2.11. The van der Waals surface area contributed by atoms with E-state index < -0.39 is 17.5 Å². The zero-order valence-electron chi connectivity index (χ0n) is 10.7. The van der Waals surface area contributed by atoms with Crippen molar-refractivity contribution in [3.63, 3.8) is 0 Å². The largest absolute Gasteiger partial charge is 0.348 e. The standard InChI is InChI=1S/C15H9BrF2N2O/c16-13-6-11(17)3-4-12(13)15(21)20-8-10-2-1-9(7-19)5-14(10)18/h1-6H,8H2,(H,20,21). The van der Waals surface area contributed by atoms with Gasteiger partial charge in [-0.25, -0.2) is 8.78 Å². The molecule has 3 nitrogen and oxygen atoms in total. The molecule has 0 saturated carbocycles. The Morgan fingerprint density at radius 2 is 2.00 bits per heavy atom. The Morgan fingerprint density at radius 3 is 2.62 bits per heavy atom. The van der Waals surface area contributed by atoms with Crippen LogP contribution in [0, 0.1) is 23.0 Å². The van der Waals surface area contributed by atoms with E-state index in [0.717, 1.165) is 6.07 Å². The summed E-state index contributed by atoms with van der Waals surface area (Å²) >= 11 is 3.10. The summed E-state index contributed by atoms with van der Waals surface area (Å²) in [6.07, 6.45) is 0. The third kappa shape index (κ3) is 3.64. The molecule has 0 radical (unpaired) electrons. The van der Waals surface area contributed by atoms with Crippen molar-refractivity contribution in [3.05, 3.63) is 69.2 Å². The SMILES string of the molecule is N#Cc1ccc(CNC(=O)c2ccc(F)cc2Br)c(F)c1. The minimum atomic E-state index is -0.562. The molecule has 0 aliphatic heterocycles. The highest BCUT2D eigenvalue weighted by Crippen LogP contribution is 2.18. The van der Waals surface area contributed by atoms with Crippen molar-refractivity contribution in [1.82, 2.24) is 5.32 Å². The second-order valence-electron chi connectivity index (χ2n) is 4.22. The molecule has 1 N–H and O–H groups in total. The second kappa shape index (κ2) is 6.46. The van der Waals surface area contributed by atoms with Crippen molar-refractivity contribution in [1.29, 1.82) is 5.26 Å². The summed E-state index contributed by atoms with van der Waals surface area (Å²) in [6, 6.07) is 9.53. The summed E-state index contributed by atoms with van der Waals surface area (Å²) in [7, 11) is 0. The van der Waals surface area contributed by atoms with Crippen molar-refractivity contribution in [2.24, 2.45) is 0 Å². The molecule has 0 unspecified atom stereocenters. The van der Waals surface area contributed by atoms with Crippen molar-refractivity contribution < 1.29 is 13.6 Å². The van der Waals surface area contributed by atoms with Crippen LogP contribution in [-0.4, -0.2) is 5.91 Å². The molecular formula is C15H9BrF2N2O. The van der Waals surface area contributed by atoms with E-state index in [-0.39, 0.29) is 23.2 Å². The zero-order valence-corrected chi connectivity index (χ0v) is 12.2. The molecule has 2 aromatic rings. The lowest BCUT2D eigenvalue weighted by Gasteiger charge is -2.08. The summed E-state index contributed by atoms with van der Waals surface area (Å²) in [4.78, 5) is 11.9. The number of carbonyl (C=O) groups is 1. The summed E-state index contributed by atoms with van der Waals surface area (Å²) in [5.41, 5.74) is 0.731. The summed E-state index contributed by atoms with van der Waals surface area (Å²) in [6.45, 7) is -0.0276. The van der Waals surface area contributed by atoms with E-state index in [4.69, 9.17) is 5.26 Å². The molecule has 2 aromatic carbocycles. The molecule has 6 heteroatoms. The molecule has 0 aromatic heterocycles. The highest BCUT2D eigenvalue weighted by molar-refractivity contribution is 9.10. The van der Waals surface area contributed by atoms with Crippen LogP contribution >= 0.6 is 15.9 Å². The molecule has 0 aliphatic carbocycles. The lowest BCUT2D eigenvalue weighted by Crippen LogP contribution is -2.23. The Balaban J connectivity index is 2.09. The number of halogens is 3. The molecule has 0 aliphatic rings. The number of carbonyl (C=O) groups excluding carboxylic acids is 1. The van der Waals surface area contributed by atoms with Gasteiger partial charge in [-0.05, 0) is 46.3 Å². The average molecular weight is 351 g/mol. The molecule has 0 spiro atoms. The predicted octanol–water partition coefficient (Wildman–Crippen LogP) is 3.53. The zero-order chi connectivity index (χ0) is 15.4. The fourth-order valence-electron chi connectivity index (χ4n) is 1.70. The van der Waals surface area contributed by atoms with Crippen LogP contribution in [0.4, 0.5) is 8.78 Å². The van der Waals surface area contributed by atoms with Gasteiger partial charge in [0.05, 0.1) is 17.2 Å². The van der Waals surface area contributed by atoms with Crippen LogP contribution in [0.15, 0.2) is 40.9 Å². The van der Waals surface area contributed by atoms with Crippen LogP contribution in [-0.2, 0) is 6.54 Å². The number of nitrogens with zero attached hydrogens (tertiary/aromatic N) is 1. The number of nitriles is 1. The topological polar surface area (TPSA) is 52.9 Å². The Kier molecular flexibility index (Phi) is 4.66. The van der Waals surface area contributed by atoms with Crippen LogP contribution in [0.5, 0.6) is 0 Å². The van der Waals surface area contributed by atoms with E-state index >= 15 is 0 Å². The van der Waals surface area contributed by atoms with Gasteiger partial charge in [-0.3, -0.25) is 4.79 Å². The van der Waals surface area contributed by atoms with Gasteiger partial charge in [0, 0.05) is 16.6 Å². The number of amides is 1. The van der Waals surface area contributed by atoms with Crippen molar-refractivity contribution >= 4 is 21.8 Å². The first-order valence-electron chi connectivity index (χ1n) is 5.93. The fraction of sp³-hybridized carbons (Fsp3) is 0.0667. The third-order valence-electron chi connectivity index (χ3n) is 2.80. The molecule has 21 heavy (non-hydrogen) atoms. The van der Waals surface area contributed by atoms with Gasteiger partial charge in [0.15, 0.2) is 0 Å². The van der Waals surface area contributed by atoms with Gasteiger partial charge in [-0.1, -0.05) is 6.07 Å². The van der Waals surface area contributed by atoms with E-state index in [1.165, 1.54) is 30.3 Å². The molecule has 0 saturated heterocycles. The van der Waals surface area contributed by atoms with Gasteiger partial charge in [-0.2, -0.15) is 5.26 Å². The Morgan fingerprint density at radius 1 is 1.24 bits per heavy atom. The maximum atomic E-state index is 13.7. The van der Waals surface area contributed by atoms with Gasteiger partial charge in [0.1, 0.15) is 11.6 Å². The number of rotatable bonds is 3. The normalized spacial score (nSPS) is 10.0. The first-order valence-corrected chi connectivity index (χ1v) is 6.72. The number of hydrogen-bond donors (Lipinski definition) is 1. The number of benzene rings is 2. The maximum Gasteiger partial charge on any atom is 0.252 e. The van der Waals surface area contributed by atoms with E-state index in [2.05, 4.69) is 21.2 Å². The molecular weight excluding hydrogens is 342 g/mol. The van der Waals surface area contributed by atoms with Crippen LogP contribution in [0.25, 0.3) is 0 Å². The first-order chi connectivity index (χ1) is 10.0. The molecule has 2 rings (SSSR count). The lowest BCUT2D eigenvalue weighted by molar-refractivity contribution is 0.0950. The Bertz CT molecular complexity index is 741. The van der Waals surface area contributed by atoms with Gasteiger partial charge >= 0.3 is 0 Å². The van der Waals surface area contributed by atoms with Gasteiger partial charge in [0.2, 0.25) is 0 Å². The molecule has 0 heterocycles. The van der Waals surface area contributed by atoms with E-state index in [1.807, 2.05) is 6.07 Å². The van der Waals surface area contributed by atoms with Crippen LogP contribution < -0.4 is 5.32 Å². The third-order valence-corrected chi connectivity index (χ3v) is 3.45. The lowest BCUT2D eigenvalue weighted by atomic mass is 10.1. The summed E-state index contributed by atoms with van der Waals surface area (Å²) in [5.74, 6) is -1.48. The van der Waals surface area contributed by atoms with Crippen molar-refractivity contribution in [2.75, 3.05) is 0 Å². The minimum Gasteiger partial charge on any atom is -0.348 e. The van der Waals surface area contributed by atoms with Crippen LogP contribution in [0.1, 0.15) is 21.5 Å². The quantitative estimate of drug-likeness (QED) is 0.920. The van der Waals surface area contributed by atoms with E-state index in [0.29, 0.717) is 4.47 Å². The van der Waals surface area contributed by atoms with E-state index in [9.17, 15) is 13.6 Å². The maximum absolute atomic E-state index is 13.7. The van der Waals surface area contributed by atoms with Gasteiger partial charge < -0.3 is 5.32 Å². The minimum absolute atomic E-state index is 0.0276. The summed E-state index contributed by atoms with van der Waals surface area (Å²) < 4.78 is 26.9. The number of nitrogens with one attached hydrogen (secondary N) is 1. The van der Waals surface area contributed by atoms with Gasteiger partial charge in [-0.15, -0.1) is 0 Å². The fourth-order valence-corrected chi connectivity index (χ4v) is 2.24. The Hall–Kier alpha value is -2.26. The number of hydrogen-bond acceptors (Lipinski definition) is 2. The molecule has 0 bridgehead atoms. The average Bonchev–Trinajstić information content (AvgIpc) is 2.45. The predicted molar refractivity (Wildman–Crippen MR) is 76.4 cm³/mol. The van der Waals surface area contributed by atoms with Crippen molar-refractivity contribution in [3.8, 4) is 6.07 Å². The molecule has 106 valence electrons. The van der Waals surface area contributed by atoms with Crippen LogP contribution in [0.3, 0.4) is 0 Å². The highest BCUT2D eigenvalue weighted by atomic mass is 79.9. The first kappa shape index (κ1) is 15.1. The Labute approximate surface area is 128 Å². The second-order valence-corrected chi connectivity index (χ2v) is 5.08.